The van der Waals surface area contributed by atoms with Crippen molar-refractivity contribution in [2.75, 3.05) is 13.1 Å². The summed E-state index contributed by atoms with van der Waals surface area (Å²) in [6, 6.07) is 5.02. The van der Waals surface area contributed by atoms with Crippen LogP contribution in [0, 0.1) is 11.3 Å². The third-order valence-electron chi connectivity index (χ3n) is 4.54. The minimum Gasteiger partial charge on any atom is -0.481 e. The van der Waals surface area contributed by atoms with Crippen molar-refractivity contribution in [2.45, 2.75) is 26.7 Å². The number of carboxylic acids is 1. The number of carboxylic acid groups (broad SMARTS) is 1. The lowest BCUT2D eigenvalue weighted by Crippen LogP contribution is -2.41. The third-order valence-corrected chi connectivity index (χ3v) is 5.13. The maximum absolute atomic E-state index is 12.4. The Morgan fingerprint density at radius 3 is 2.55 bits per heavy atom. The summed E-state index contributed by atoms with van der Waals surface area (Å²) in [4.78, 5) is 25.7. The topological polar surface area (TPSA) is 57.6 Å². The molecule has 1 saturated heterocycles. The van der Waals surface area contributed by atoms with Crippen LogP contribution >= 0.6 is 23.2 Å². The molecule has 120 valence electrons. The number of halogens is 2. The molecule has 1 fully saturated rings. The van der Waals surface area contributed by atoms with Crippen molar-refractivity contribution in [3.63, 3.8) is 0 Å². The summed E-state index contributed by atoms with van der Waals surface area (Å²) in [5, 5.41) is 10.5. The van der Waals surface area contributed by atoms with Crippen LogP contribution in [0.5, 0.6) is 0 Å². The Morgan fingerprint density at radius 1 is 1.36 bits per heavy atom. The first-order valence-corrected chi connectivity index (χ1v) is 7.97. The van der Waals surface area contributed by atoms with Gasteiger partial charge in [0, 0.05) is 23.1 Å². The zero-order valence-corrected chi connectivity index (χ0v) is 14.1. The highest BCUT2D eigenvalue weighted by atomic mass is 35.5. The molecular formula is C16H19Cl2NO3. The molecule has 1 aromatic carbocycles. The van der Waals surface area contributed by atoms with E-state index in [2.05, 4.69) is 0 Å². The molecule has 1 atom stereocenters. The molecule has 1 unspecified atom stereocenters. The zero-order chi connectivity index (χ0) is 16.5. The van der Waals surface area contributed by atoms with E-state index in [0.717, 1.165) is 0 Å². The van der Waals surface area contributed by atoms with Gasteiger partial charge >= 0.3 is 5.97 Å². The molecule has 22 heavy (non-hydrogen) atoms. The molecule has 0 aromatic heterocycles. The van der Waals surface area contributed by atoms with E-state index < -0.39 is 11.4 Å². The van der Waals surface area contributed by atoms with Crippen LogP contribution in [0.2, 0.25) is 10.0 Å². The number of hydrogen-bond donors (Lipinski definition) is 1. The Hall–Kier alpha value is -1.26. The van der Waals surface area contributed by atoms with Gasteiger partial charge in [0.2, 0.25) is 5.91 Å². The highest BCUT2D eigenvalue weighted by molar-refractivity contribution is 6.35. The first kappa shape index (κ1) is 17.1. The smallest absolute Gasteiger partial charge is 0.311 e. The van der Waals surface area contributed by atoms with Gasteiger partial charge in [0.15, 0.2) is 0 Å². The summed E-state index contributed by atoms with van der Waals surface area (Å²) in [5.41, 5.74) is -0.146. The summed E-state index contributed by atoms with van der Waals surface area (Å²) in [6.07, 6.45) is 0.643. The van der Waals surface area contributed by atoms with Crippen molar-refractivity contribution >= 4 is 35.1 Å². The van der Waals surface area contributed by atoms with Crippen LogP contribution in [-0.2, 0) is 16.0 Å². The molecule has 1 N–H and O–H groups in total. The minimum absolute atomic E-state index is 0.0260. The number of amides is 1. The average molecular weight is 344 g/mol. The third kappa shape index (κ3) is 3.23. The highest BCUT2D eigenvalue weighted by Crippen LogP contribution is 2.38. The number of likely N-dealkylation sites (tertiary alicyclic amines) is 1. The number of rotatable bonds is 4. The van der Waals surface area contributed by atoms with E-state index in [1.165, 1.54) is 0 Å². The Balaban J connectivity index is 2.10. The molecule has 0 aliphatic carbocycles. The van der Waals surface area contributed by atoms with Gasteiger partial charge in [0.1, 0.15) is 0 Å². The Labute approximate surface area is 140 Å². The van der Waals surface area contributed by atoms with E-state index in [-0.39, 0.29) is 24.8 Å². The van der Waals surface area contributed by atoms with E-state index >= 15 is 0 Å². The van der Waals surface area contributed by atoms with Gasteiger partial charge < -0.3 is 10.0 Å². The number of aliphatic carboxylic acids is 1. The summed E-state index contributed by atoms with van der Waals surface area (Å²) >= 11 is 11.9. The normalized spacial score (nSPS) is 21.4. The minimum atomic E-state index is -0.848. The van der Waals surface area contributed by atoms with Gasteiger partial charge in [0.05, 0.1) is 11.8 Å². The van der Waals surface area contributed by atoms with Crippen molar-refractivity contribution in [1.29, 1.82) is 0 Å². The predicted molar refractivity (Wildman–Crippen MR) is 86.3 cm³/mol. The first-order valence-electron chi connectivity index (χ1n) is 7.21. The summed E-state index contributed by atoms with van der Waals surface area (Å²) in [6.45, 7) is 4.49. The second kappa shape index (κ2) is 6.47. The zero-order valence-electron chi connectivity index (χ0n) is 12.6. The maximum Gasteiger partial charge on any atom is 0.311 e. The van der Waals surface area contributed by atoms with Crippen LogP contribution in [0.3, 0.4) is 0 Å². The summed E-state index contributed by atoms with van der Waals surface area (Å²) in [7, 11) is 0. The molecule has 4 nitrogen and oxygen atoms in total. The van der Waals surface area contributed by atoms with Crippen molar-refractivity contribution in [2.24, 2.45) is 11.3 Å². The molecule has 1 amide bonds. The fraction of sp³-hybridized carbons (Fsp3) is 0.500. The Morgan fingerprint density at radius 2 is 2.05 bits per heavy atom. The maximum atomic E-state index is 12.4. The lowest BCUT2D eigenvalue weighted by atomic mass is 9.76. The Bertz CT molecular complexity index is 603. The first-order chi connectivity index (χ1) is 10.3. The second-order valence-electron chi connectivity index (χ2n) is 6.09. The van der Waals surface area contributed by atoms with Gasteiger partial charge in [-0.1, -0.05) is 43.1 Å². The van der Waals surface area contributed by atoms with E-state index in [4.69, 9.17) is 23.2 Å². The van der Waals surface area contributed by atoms with Gasteiger partial charge in [-0.2, -0.15) is 0 Å². The quantitative estimate of drug-likeness (QED) is 0.910. The lowest BCUT2D eigenvalue weighted by Gasteiger charge is -2.28. The summed E-state index contributed by atoms with van der Waals surface area (Å²) in [5.74, 6) is -0.961. The number of benzene rings is 1. The van der Waals surface area contributed by atoms with Gasteiger partial charge in [-0.3, -0.25) is 9.59 Å². The molecule has 2 rings (SSSR count). The van der Waals surface area contributed by atoms with E-state index in [1.54, 1.807) is 23.1 Å². The van der Waals surface area contributed by atoms with Crippen LogP contribution < -0.4 is 0 Å². The SMILES string of the molecule is CC(C)C1(C(=O)O)CCN(C(=O)Cc2ccc(Cl)cc2Cl)C1. The van der Waals surface area contributed by atoms with Crippen molar-refractivity contribution in [3.05, 3.63) is 33.8 Å². The van der Waals surface area contributed by atoms with Gasteiger partial charge in [-0.25, -0.2) is 0 Å². The molecule has 1 aliphatic rings. The monoisotopic (exact) mass is 343 g/mol. The van der Waals surface area contributed by atoms with Crippen LogP contribution in [0.25, 0.3) is 0 Å². The average Bonchev–Trinajstić information content (AvgIpc) is 2.88. The fourth-order valence-electron chi connectivity index (χ4n) is 2.88. The van der Waals surface area contributed by atoms with Gasteiger partial charge in [-0.05, 0) is 30.0 Å². The van der Waals surface area contributed by atoms with E-state index in [1.807, 2.05) is 13.8 Å². The van der Waals surface area contributed by atoms with Crippen LogP contribution in [-0.4, -0.2) is 35.0 Å². The predicted octanol–water partition coefficient (Wildman–Crippen LogP) is 3.50. The van der Waals surface area contributed by atoms with Gasteiger partial charge in [-0.15, -0.1) is 0 Å². The van der Waals surface area contributed by atoms with Crippen LogP contribution in [0.15, 0.2) is 18.2 Å². The standard InChI is InChI=1S/C16H19Cl2NO3/c1-10(2)16(15(21)22)5-6-19(9-16)14(20)7-11-3-4-12(17)8-13(11)18/h3-4,8,10H,5-7,9H2,1-2H3,(H,21,22). The Kier molecular flexibility index (Phi) is 5.03. The van der Waals surface area contributed by atoms with E-state index in [0.29, 0.717) is 28.6 Å². The molecule has 0 radical (unpaired) electrons. The van der Waals surface area contributed by atoms with Crippen molar-refractivity contribution in [3.8, 4) is 0 Å². The number of hydrogen-bond acceptors (Lipinski definition) is 2. The molecule has 0 saturated carbocycles. The second-order valence-corrected chi connectivity index (χ2v) is 6.94. The highest BCUT2D eigenvalue weighted by Gasteiger charge is 2.48. The molecule has 0 bridgehead atoms. The van der Waals surface area contributed by atoms with Crippen molar-refractivity contribution in [1.82, 2.24) is 4.90 Å². The largest absolute Gasteiger partial charge is 0.481 e. The lowest BCUT2D eigenvalue weighted by molar-refractivity contribution is -0.151. The number of carbonyl (C=O) groups excluding carboxylic acids is 1. The molecule has 1 aliphatic heterocycles. The van der Waals surface area contributed by atoms with E-state index in [9.17, 15) is 14.7 Å². The van der Waals surface area contributed by atoms with Gasteiger partial charge in [0.25, 0.3) is 0 Å². The summed E-state index contributed by atoms with van der Waals surface area (Å²) < 4.78 is 0. The molecule has 1 heterocycles. The van der Waals surface area contributed by atoms with Crippen LogP contribution in [0.4, 0.5) is 0 Å². The number of nitrogens with zero attached hydrogens (tertiary/aromatic N) is 1. The molecule has 6 heteroatoms. The molecular weight excluding hydrogens is 325 g/mol. The van der Waals surface area contributed by atoms with Crippen molar-refractivity contribution < 1.29 is 14.7 Å². The molecule has 1 aromatic rings. The number of carbonyl (C=O) groups is 2. The van der Waals surface area contributed by atoms with Crippen LogP contribution in [0.1, 0.15) is 25.8 Å². The molecule has 0 spiro atoms. The fourth-order valence-corrected chi connectivity index (χ4v) is 3.35.